The van der Waals surface area contributed by atoms with Crippen LogP contribution in [0.2, 0.25) is 0 Å². The molecule has 0 unspecified atom stereocenters. The second kappa shape index (κ2) is 1.96. The zero-order valence-electron chi connectivity index (χ0n) is 2.98. The highest BCUT2D eigenvalue weighted by molar-refractivity contribution is 6.63. The van der Waals surface area contributed by atoms with Crippen molar-refractivity contribution in [3.05, 3.63) is 0 Å². The fourth-order valence-corrected chi connectivity index (χ4v) is 0. The van der Waals surface area contributed by atoms with Gasteiger partial charge in [-0.2, -0.15) is 0 Å². The second-order valence-corrected chi connectivity index (χ2v) is 1.06. The van der Waals surface area contributed by atoms with E-state index in [-0.39, 0.29) is 5.29 Å². The van der Waals surface area contributed by atoms with Crippen molar-refractivity contribution in [1.82, 2.24) is 5.12 Å². The summed E-state index contributed by atoms with van der Waals surface area (Å²) in [5.41, 5.74) is 0. The molecule has 36 valence electrons. The molecule has 5 heteroatoms. The van der Waals surface area contributed by atoms with Crippen molar-refractivity contribution in [3.63, 3.8) is 0 Å². The van der Waals surface area contributed by atoms with Crippen LogP contribution >= 0.6 is 11.6 Å². The van der Waals surface area contributed by atoms with Gasteiger partial charge < -0.3 is 0 Å². The Morgan fingerprint density at radius 3 is 1.83 bits per heavy atom. The van der Waals surface area contributed by atoms with Gasteiger partial charge in [0.05, 0.1) is 0 Å². The van der Waals surface area contributed by atoms with E-state index in [1.54, 1.807) is 0 Å². The van der Waals surface area contributed by atoms with E-state index in [4.69, 9.17) is 17.0 Å². The third-order valence-electron chi connectivity index (χ3n) is 0.227. The summed E-state index contributed by atoms with van der Waals surface area (Å²) in [5, 5.41) is 6.53. The molecule has 0 aliphatic heterocycles. The van der Waals surface area contributed by atoms with Gasteiger partial charge in [0.15, 0.2) is 0 Å². The fraction of sp³-hybridized carbons (Fsp3) is 0. The first-order valence-corrected chi connectivity index (χ1v) is 1.56. The van der Waals surface area contributed by atoms with Crippen LogP contribution in [0.25, 0.3) is 0 Å². The Hall–Kier alpha value is -0.320. The van der Waals surface area contributed by atoms with E-state index >= 15 is 0 Å². The van der Waals surface area contributed by atoms with Gasteiger partial charge in [-0.25, -0.2) is 16.8 Å². The van der Waals surface area contributed by atoms with Gasteiger partial charge in [0.1, 0.15) is 0 Å². The molecule has 0 aromatic rings. The first-order chi connectivity index (χ1) is 2.64. The molecule has 0 aromatic carbocycles. The molecule has 0 amide bonds. The summed E-state index contributed by atoms with van der Waals surface area (Å²) in [7, 11) is 0. The molecule has 5 N–H and O–H groups in total. The first kappa shape index (κ1) is 5.68. The van der Waals surface area contributed by atoms with Crippen LogP contribution in [0, 0.1) is 5.41 Å². The largest absolute Gasteiger partial charge is 0.272 e. The molecule has 0 saturated heterocycles. The lowest BCUT2D eigenvalue weighted by molar-refractivity contribution is 0.471. The summed E-state index contributed by atoms with van der Waals surface area (Å²) in [5.74, 6) is 9.38. The van der Waals surface area contributed by atoms with Crippen molar-refractivity contribution in [3.8, 4) is 0 Å². The summed E-state index contributed by atoms with van der Waals surface area (Å²) in [4.78, 5) is 0. The average Bonchev–Trinajstić information content (AvgIpc) is 1.36. The lowest BCUT2D eigenvalue weighted by Crippen LogP contribution is -2.40. The molecule has 0 bridgehead atoms. The molecular weight excluding hydrogens is 103 g/mol. The normalized spacial score (nSPS) is 7.83. The molecule has 0 aliphatic carbocycles. The second-order valence-electron chi connectivity index (χ2n) is 0.698. The van der Waals surface area contributed by atoms with Crippen LogP contribution in [0.4, 0.5) is 0 Å². The van der Waals surface area contributed by atoms with E-state index in [0.717, 1.165) is 0 Å². The highest BCUT2D eigenvalue weighted by Crippen LogP contribution is 1.74. The van der Waals surface area contributed by atoms with E-state index < -0.39 is 0 Å². The Bertz CT molecular complexity index is 58.6. The average molecular weight is 109 g/mol. The number of nitrogens with one attached hydrogen (secondary N) is 1. The summed E-state index contributed by atoms with van der Waals surface area (Å²) in [6.45, 7) is 0. The predicted octanol–water partition coefficient (Wildman–Crippen LogP) is -0.791. The van der Waals surface area contributed by atoms with Gasteiger partial charge in [-0.3, -0.25) is 5.41 Å². The topological polar surface area (TPSA) is 79.1 Å². The number of hydrogen-bond acceptors (Lipinski definition) is 3. The molecule has 0 saturated carbocycles. The molecule has 0 fully saturated rings. The van der Waals surface area contributed by atoms with Crippen molar-refractivity contribution in [2.75, 3.05) is 0 Å². The first-order valence-electron chi connectivity index (χ1n) is 1.18. The van der Waals surface area contributed by atoms with Crippen molar-refractivity contribution >= 4 is 16.9 Å². The Labute approximate surface area is 40.1 Å². The highest BCUT2D eigenvalue weighted by Gasteiger charge is 1.87. The Kier molecular flexibility index (Phi) is 1.86. The summed E-state index contributed by atoms with van der Waals surface area (Å²) in [6.07, 6.45) is 0. The Balaban J connectivity index is 3.26. The van der Waals surface area contributed by atoms with Crippen molar-refractivity contribution < 1.29 is 0 Å². The lowest BCUT2D eigenvalue weighted by atomic mass is 11.3. The standard InChI is InChI=1S/CH5ClN4/c2-1(3)6(4)5/h3H,4-5H2. The third-order valence-corrected chi connectivity index (χ3v) is 0.422. The number of amidine groups is 1. The molecule has 4 nitrogen and oxygen atoms in total. The monoisotopic (exact) mass is 108 g/mol. The van der Waals surface area contributed by atoms with E-state index in [2.05, 4.69) is 11.7 Å². The van der Waals surface area contributed by atoms with E-state index in [1.165, 1.54) is 0 Å². The van der Waals surface area contributed by atoms with Crippen molar-refractivity contribution in [2.45, 2.75) is 0 Å². The lowest BCUT2D eigenvalue weighted by Gasteiger charge is -2.02. The van der Waals surface area contributed by atoms with Crippen molar-refractivity contribution in [1.29, 1.82) is 5.41 Å². The molecule has 0 heterocycles. The van der Waals surface area contributed by atoms with Gasteiger partial charge in [-0.05, 0) is 11.6 Å². The van der Waals surface area contributed by atoms with Crippen LogP contribution in [0.15, 0.2) is 0 Å². The van der Waals surface area contributed by atoms with E-state index in [1.807, 2.05) is 0 Å². The smallest absolute Gasteiger partial charge is 0.220 e. The highest BCUT2D eigenvalue weighted by atomic mass is 35.5. The number of halogens is 1. The van der Waals surface area contributed by atoms with Gasteiger partial charge in [-0.15, -0.1) is 0 Å². The minimum absolute atomic E-state index is 0.380. The van der Waals surface area contributed by atoms with Gasteiger partial charge in [0.25, 0.3) is 0 Å². The number of nitrogens with zero attached hydrogens (tertiary/aromatic N) is 1. The third kappa shape index (κ3) is 1.95. The summed E-state index contributed by atoms with van der Waals surface area (Å²) < 4.78 is 0. The maximum Gasteiger partial charge on any atom is 0.220 e. The van der Waals surface area contributed by atoms with Crippen LogP contribution in [-0.2, 0) is 0 Å². The van der Waals surface area contributed by atoms with Crippen LogP contribution in [-0.4, -0.2) is 10.4 Å². The van der Waals surface area contributed by atoms with Crippen LogP contribution in [0.1, 0.15) is 0 Å². The summed E-state index contributed by atoms with van der Waals surface area (Å²) >= 11 is 4.87. The van der Waals surface area contributed by atoms with Gasteiger partial charge in [-0.1, -0.05) is 0 Å². The predicted molar refractivity (Wildman–Crippen MR) is 23.8 cm³/mol. The quantitative estimate of drug-likeness (QED) is 0.125. The molecule has 0 radical (unpaired) electrons. The van der Waals surface area contributed by atoms with Gasteiger partial charge >= 0.3 is 0 Å². The van der Waals surface area contributed by atoms with Crippen LogP contribution in [0.5, 0.6) is 0 Å². The van der Waals surface area contributed by atoms with Gasteiger partial charge in [0.2, 0.25) is 5.29 Å². The fourth-order valence-electron chi connectivity index (χ4n) is 0. The van der Waals surface area contributed by atoms with E-state index in [9.17, 15) is 0 Å². The molecule has 6 heavy (non-hydrogen) atoms. The molecule has 0 spiro atoms. The summed E-state index contributed by atoms with van der Waals surface area (Å²) in [6, 6.07) is 0. The molecular formula is CH5ClN4. The number of hydrogen-bond donors (Lipinski definition) is 3. The molecule has 0 aromatic heterocycles. The Morgan fingerprint density at radius 2 is 1.83 bits per heavy atom. The zero-order chi connectivity index (χ0) is 5.15. The maximum atomic E-state index is 6.39. The van der Waals surface area contributed by atoms with Crippen molar-refractivity contribution in [2.24, 2.45) is 11.7 Å². The molecule has 0 atom stereocenters. The van der Waals surface area contributed by atoms with Gasteiger partial charge in [0, 0.05) is 0 Å². The minimum Gasteiger partial charge on any atom is -0.272 e. The zero-order valence-corrected chi connectivity index (χ0v) is 3.74. The Morgan fingerprint density at radius 1 is 1.67 bits per heavy atom. The minimum atomic E-state index is -0.380. The van der Waals surface area contributed by atoms with Crippen LogP contribution in [0.3, 0.4) is 0 Å². The SMILES string of the molecule is N=C(Cl)N(N)N. The van der Waals surface area contributed by atoms with Crippen LogP contribution < -0.4 is 11.7 Å². The maximum absolute atomic E-state index is 6.39. The number of hydrazine groups is 2. The number of nitrogens with two attached hydrogens (primary N) is 2. The molecule has 0 aliphatic rings. The molecule has 0 rings (SSSR count). The number of rotatable bonds is 0. The van der Waals surface area contributed by atoms with E-state index in [0.29, 0.717) is 5.12 Å².